The summed E-state index contributed by atoms with van der Waals surface area (Å²) in [5.41, 5.74) is 0.0380. The van der Waals surface area contributed by atoms with Gasteiger partial charge in [0.2, 0.25) is 0 Å². The predicted octanol–water partition coefficient (Wildman–Crippen LogP) is 3.43. The van der Waals surface area contributed by atoms with Gasteiger partial charge in [0.25, 0.3) is 10.0 Å². The van der Waals surface area contributed by atoms with E-state index < -0.39 is 22.4 Å². The molecule has 8 heteroatoms. The minimum Gasteiger partial charge on any atom is -0.392 e. The maximum Gasteiger partial charge on any atom is 0.261 e. The number of anilines is 1. The van der Waals surface area contributed by atoms with E-state index in [0.29, 0.717) is 0 Å². The molecule has 0 aliphatic carbocycles. The molecule has 0 atom stereocenters. The fourth-order valence-electron chi connectivity index (χ4n) is 1.62. The van der Waals surface area contributed by atoms with Gasteiger partial charge in [-0.25, -0.2) is 12.8 Å². The van der Waals surface area contributed by atoms with Crippen molar-refractivity contribution >= 4 is 38.9 Å². The Kier molecular flexibility index (Phi) is 4.73. The topological polar surface area (TPSA) is 66.4 Å². The summed E-state index contributed by atoms with van der Waals surface area (Å²) in [6.07, 6.45) is 0. The Hall–Kier alpha value is -1.34. The van der Waals surface area contributed by atoms with Crippen molar-refractivity contribution in [1.29, 1.82) is 0 Å². The van der Waals surface area contributed by atoms with E-state index in [1.54, 1.807) is 0 Å². The highest BCUT2D eigenvalue weighted by molar-refractivity contribution is 7.92. The molecule has 0 radical (unpaired) electrons. The van der Waals surface area contributed by atoms with E-state index >= 15 is 0 Å². The normalized spacial score (nSPS) is 11.4. The molecule has 0 saturated heterocycles. The number of rotatable bonds is 4. The average Bonchev–Trinajstić information content (AvgIpc) is 2.42. The van der Waals surface area contributed by atoms with Gasteiger partial charge in [-0.05, 0) is 42.0 Å². The third-order valence-electron chi connectivity index (χ3n) is 2.67. The third kappa shape index (κ3) is 3.65. The van der Waals surface area contributed by atoms with E-state index in [2.05, 4.69) is 4.72 Å². The van der Waals surface area contributed by atoms with Crippen LogP contribution < -0.4 is 4.72 Å². The van der Waals surface area contributed by atoms with Gasteiger partial charge >= 0.3 is 0 Å². The minimum absolute atomic E-state index is 0.134. The molecule has 0 heterocycles. The summed E-state index contributed by atoms with van der Waals surface area (Å²) in [6, 6.07) is 7.41. The first-order valence-electron chi connectivity index (χ1n) is 5.70. The van der Waals surface area contributed by atoms with Crippen molar-refractivity contribution in [3.63, 3.8) is 0 Å². The Morgan fingerprint density at radius 2 is 1.86 bits per heavy atom. The molecule has 2 aromatic rings. The molecular formula is C13H10Cl2FNO3S. The van der Waals surface area contributed by atoms with Gasteiger partial charge in [0, 0.05) is 10.0 Å². The number of halogens is 3. The SMILES string of the molecule is O=S(=O)(Nc1ccc(Cl)cc1F)c1ccc(Cl)c(CO)c1. The van der Waals surface area contributed by atoms with Crippen LogP contribution in [-0.2, 0) is 16.6 Å². The molecule has 0 saturated carbocycles. The molecule has 0 aliphatic heterocycles. The number of aliphatic hydroxyl groups excluding tert-OH is 1. The lowest BCUT2D eigenvalue weighted by Gasteiger charge is -2.10. The van der Waals surface area contributed by atoms with Gasteiger partial charge in [-0.3, -0.25) is 4.72 Å². The Bertz CT molecular complexity index is 781. The Labute approximate surface area is 131 Å². The maximum atomic E-state index is 13.6. The van der Waals surface area contributed by atoms with Crippen LogP contribution in [0.4, 0.5) is 10.1 Å². The smallest absolute Gasteiger partial charge is 0.261 e. The Balaban J connectivity index is 2.38. The molecule has 0 bridgehead atoms. The lowest BCUT2D eigenvalue weighted by Crippen LogP contribution is -2.14. The molecule has 4 nitrogen and oxygen atoms in total. The van der Waals surface area contributed by atoms with Crippen LogP contribution in [0.3, 0.4) is 0 Å². The van der Waals surface area contributed by atoms with E-state index in [9.17, 15) is 12.8 Å². The van der Waals surface area contributed by atoms with Crippen LogP contribution in [-0.4, -0.2) is 13.5 Å². The molecule has 0 amide bonds. The summed E-state index contributed by atoms with van der Waals surface area (Å²) >= 11 is 11.4. The van der Waals surface area contributed by atoms with Crippen LogP contribution >= 0.6 is 23.2 Å². The molecule has 2 rings (SSSR count). The van der Waals surface area contributed by atoms with Crippen LogP contribution in [0.25, 0.3) is 0 Å². The summed E-state index contributed by atoms with van der Waals surface area (Å²) in [7, 11) is -4.00. The van der Waals surface area contributed by atoms with Crippen LogP contribution in [0, 0.1) is 5.82 Å². The fraction of sp³-hybridized carbons (Fsp3) is 0.0769. The molecular weight excluding hydrogens is 340 g/mol. The van der Waals surface area contributed by atoms with Crippen molar-refractivity contribution in [3.8, 4) is 0 Å². The second kappa shape index (κ2) is 6.19. The van der Waals surface area contributed by atoms with Crippen LogP contribution in [0.2, 0.25) is 10.0 Å². The van der Waals surface area contributed by atoms with Crippen molar-refractivity contribution in [2.75, 3.05) is 4.72 Å². The molecule has 2 N–H and O–H groups in total. The summed E-state index contributed by atoms with van der Waals surface area (Å²) in [4.78, 5) is -0.134. The van der Waals surface area contributed by atoms with Crippen molar-refractivity contribution in [2.45, 2.75) is 11.5 Å². The minimum atomic E-state index is -4.00. The fourth-order valence-corrected chi connectivity index (χ4v) is 3.07. The van der Waals surface area contributed by atoms with Gasteiger partial charge in [0.1, 0.15) is 5.82 Å². The molecule has 0 fully saturated rings. The average molecular weight is 350 g/mol. The van der Waals surface area contributed by atoms with E-state index in [4.69, 9.17) is 28.3 Å². The van der Waals surface area contributed by atoms with Crippen LogP contribution in [0.15, 0.2) is 41.3 Å². The summed E-state index contributed by atoms with van der Waals surface area (Å²) in [5.74, 6) is -0.789. The van der Waals surface area contributed by atoms with Gasteiger partial charge in [-0.15, -0.1) is 0 Å². The summed E-state index contributed by atoms with van der Waals surface area (Å²) < 4.78 is 40.1. The number of benzene rings is 2. The van der Waals surface area contributed by atoms with E-state index in [0.717, 1.165) is 6.07 Å². The number of nitrogens with one attached hydrogen (secondary N) is 1. The van der Waals surface area contributed by atoms with Crippen molar-refractivity contribution in [2.24, 2.45) is 0 Å². The lowest BCUT2D eigenvalue weighted by atomic mass is 10.2. The molecule has 21 heavy (non-hydrogen) atoms. The van der Waals surface area contributed by atoms with E-state index in [1.165, 1.54) is 30.3 Å². The van der Waals surface area contributed by atoms with Gasteiger partial charge in [-0.1, -0.05) is 23.2 Å². The van der Waals surface area contributed by atoms with Crippen LogP contribution in [0.1, 0.15) is 5.56 Å². The Morgan fingerprint density at radius 3 is 2.48 bits per heavy atom. The summed E-state index contributed by atoms with van der Waals surface area (Å²) in [6.45, 7) is -0.405. The van der Waals surface area contributed by atoms with Gasteiger partial charge in [-0.2, -0.15) is 0 Å². The highest BCUT2D eigenvalue weighted by Gasteiger charge is 2.17. The first-order chi connectivity index (χ1) is 9.83. The zero-order valence-electron chi connectivity index (χ0n) is 10.5. The monoisotopic (exact) mass is 349 g/mol. The summed E-state index contributed by atoms with van der Waals surface area (Å²) in [5, 5.41) is 9.50. The van der Waals surface area contributed by atoms with Crippen molar-refractivity contribution in [1.82, 2.24) is 0 Å². The largest absolute Gasteiger partial charge is 0.392 e. The molecule has 0 unspecified atom stereocenters. The van der Waals surface area contributed by atoms with Crippen LogP contribution in [0.5, 0.6) is 0 Å². The number of hydrogen-bond donors (Lipinski definition) is 2. The van der Waals surface area contributed by atoms with Crippen molar-refractivity contribution in [3.05, 3.63) is 57.8 Å². The second-order valence-electron chi connectivity index (χ2n) is 4.14. The Morgan fingerprint density at radius 1 is 1.14 bits per heavy atom. The highest BCUT2D eigenvalue weighted by atomic mass is 35.5. The van der Waals surface area contributed by atoms with Gasteiger partial charge in [0.05, 0.1) is 17.2 Å². The van der Waals surface area contributed by atoms with E-state index in [-0.39, 0.29) is 26.2 Å². The molecule has 2 aromatic carbocycles. The van der Waals surface area contributed by atoms with E-state index in [1.807, 2.05) is 0 Å². The first kappa shape index (κ1) is 16.0. The highest BCUT2D eigenvalue weighted by Crippen LogP contribution is 2.24. The number of aliphatic hydroxyl groups is 1. The molecule has 0 spiro atoms. The van der Waals surface area contributed by atoms with Gasteiger partial charge in [0.15, 0.2) is 0 Å². The standard InChI is InChI=1S/C13H10Cl2FNO3S/c14-9-1-4-13(12(16)6-9)17-21(19,20)10-2-3-11(15)8(5-10)7-18/h1-6,17-18H,7H2. The number of sulfonamides is 1. The first-order valence-corrected chi connectivity index (χ1v) is 7.94. The third-order valence-corrected chi connectivity index (χ3v) is 4.64. The zero-order valence-corrected chi connectivity index (χ0v) is 12.8. The second-order valence-corrected chi connectivity index (χ2v) is 6.67. The quantitative estimate of drug-likeness (QED) is 0.888. The predicted molar refractivity (Wildman–Crippen MR) is 79.6 cm³/mol. The number of hydrogen-bond acceptors (Lipinski definition) is 3. The molecule has 0 aliphatic rings. The lowest BCUT2D eigenvalue weighted by molar-refractivity contribution is 0.281. The molecule has 0 aromatic heterocycles. The molecule has 112 valence electrons. The zero-order chi connectivity index (χ0) is 15.6. The van der Waals surface area contributed by atoms with Crippen molar-refractivity contribution < 1.29 is 17.9 Å². The van der Waals surface area contributed by atoms with Gasteiger partial charge < -0.3 is 5.11 Å². The maximum absolute atomic E-state index is 13.6.